The molecular formula is C23H30N2O3. The number of hydrogen-bond donors (Lipinski definition) is 1. The molecule has 0 saturated carbocycles. The van der Waals surface area contributed by atoms with E-state index in [1.807, 2.05) is 45.0 Å². The molecule has 150 valence electrons. The maximum Gasteiger partial charge on any atom is 0.223 e. The molecule has 0 aliphatic heterocycles. The topological polar surface area (TPSA) is 58.6 Å². The van der Waals surface area contributed by atoms with Crippen LogP contribution in [-0.2, 0) is 16.0 Å². The number of ether oxygens (including phenoxy) is 1. The third-order valence-corrected chi connectivity index (χ3v) is 4.74. The molecule has 2 rings (SSSR count). The fourth-order valence-electron chi connectivity index (χ4n) is 3.47. The summed E-state index contributed by atoms with van der Waals surface area (Å²) >= 11 is 0. The number of nitrogens with one attached hydrogen (secondary N) is 1. The fraction of sp³-hybridized carbons (Fsp3) is 0.391. The summed E-state index contributed by atoms with van der Waals surface area (Å²) in [5.74, 6) is 0.710. The lowest BCUT2D eigenvalue weighted by molar-refractivity contribution is -0.121. The predicted octanol–water partition coefficient (Wildman–Crippen LogP) is 3.72. The summed E-state index contributed by atoms with van der Waals surface area (Å²) in [4.78, 5) is 26.1. The Balaban J connectivity index is 1.89. The van der Waals surface area contributed by atoms with E-state index in [-0.39, 0.29) is 18.2 Å². The molecule has 5 nitrogen and oxygen atoms in total. The van der Waals surface area contributed by atoms with Crippen molar-refractivity contribution < 1.29 is 14.3 Å². The van der Waals surface area contributed by atoms with Gasteiger partial charge in [0.15, 0.2) is 0 Å². The van der Waals surface area contributed by atoms with Crippen LogP contribution in [-0.4, -0.2) is 32.0 Å². The molecule has 0 fully saturated rings. The van der Waals surface area contributed by atoms with Gasteiger partial charge in [0.1, 0.15) is 5.75 Å². The van der Waals surface area contributed by atoms with Crippen molar-refractivity contribution in [2.45, 2.75) is 40.5 Å². The van der Waals surface area contributed by atoms with E-state index in [1.165, 1.54) is 5.56 Å². The average Bonchev–Trinajstić information content (AvgIpc) is 2.64. The molecule has 0 aromatic heterocycles. The van der Waals surface area contributed by atoms with Crippen molar-refractivity contribution in [3.05, 3.63) is 58.7 Å². The highest BCUT2D eigenvalue weighted by molar-refractivity contribution is 5.94. The number of amides is 2. The maximum atomic E-state index is 12.2. The second kappa shape index (κ2) is 9.93. The predicted molar refractivity (Wildman–Crippen MR) is 113 cm³/mol. The molecule has 5 heteroatoms. The van der Waals surface area contributed by atoms with Gasteiger partial charge in [-0.25, -0.2) is 0 Å². The van der Waals surface area contributed by atoms with E-state index in [2.05, 4.69) is 17.4 Å². The number of hydrogen-bond acceptors (Lipinski definition) is 3. The van der Waals surface area contributed by atoms with Gasteiger partial charge in [-0.1, -0.05) is 29.8 Å². The van der Waals surface area contributed by atoms with E-state index < -0.39 is 0 Å². The number of aryl methyl sites for hydroxylation is 3. The summed E-state index contributed by atoms with van der Waals surface area (Å²) in [6.45, 7) is 8.52. The second-order valence-electron chi connectivity index (χ2n) is 7.12. The first-order chi connectivity index (χ1) is 13.3. The van der Waals surface area contributed by atoms with Crippen LogP contribution in [0.2, 0.25) is 0 Å². The minimum absolute atomic E-state index is 0.0535. The van der Waals surface area contributed by atoms with Crippen LogP contribution in [0.15, 0.2) is 36.4 Å². The summed E-state index contributed by atoms with van der Waals surface area (Å²) in [6.07, 6.45) is 1.03. The van der Waals surface area contributed by atoms with E-state index in [0.717, 1.165) is 34.5 Å². The van der Waals surface area contributed by atoms with E-state index in [0.29, 0.717) is 13.1 Å². The largest absolute Gasteiger partial charge is 0.497 e. The van der Waals surface area contributed by atoms with Crippen molar-refractivity contribution in [3.8, 4) is 5.75 Å². The van der Waals surface area contributed by atoms with Gasteiger partial charge in [0.25, 0.3) is 0 Å². The van der Waals surface area contributed by atoms with E-state index in [1.54, 1.807) is 18.9 Å². The molecule has 2 aromatic rings. The zero-order chi connectivity index (χ0) is 20.7. The quantitative estimate of drug-likeness (QED) is 0.757. The third-order valence-electron chi connectivity index (χ3n) is 4.74. The first kappa shape index (κ1) is 21.5. The van der Waals surface area contributed by atoms with Crippen molar-refractivity contribution >= 4 is 17.5 Å². The van der Waals surface area contributed by atoms with Gasteiger partial charge >= 0.3 is 0 Å². The zero-order valence-electron chi connectivity index (χ0n) is 17.5. The molecule has 0 aliphatic carbocycles. The second-order valence-corrected chi connectivity index (χ2v) is 7.12. The Hall–Kier alpha value is -2.82. The lowest BCUT2D eigenvalue weighted by Gasteiger charge is -2.25. The van der Waals surface area contributed by atoms with Crippen molar-refractivity contribution in [2.75, 3.05) is 25.1 Å². The zero-order valence-corrected chi connectivity index (χ0v) is 17.5. The first-order valence-corrected chi connectivity index (χ1v) is 9.57. The standard InChI is InChI=1S/C23H30N2O3/c1-16-14-17(2)23(18(3)15-16)25(19(4)26)13-11-22(27)24-12-10-20-6-8-21(28-5)9-7-20/h6-9,14-15H,10-13H2,1-5H3,(H,24,27). The van der Waals surface area contributed by atoms with Crippen LogP contribution in [0.1, 0.15) is 35.6 Å². The van der Waals surface area contributed by atoms with Gasteiger partial charge in [-0.15, -0.1) is 0 Å². The summed E-state index contributed by atoms with van der Waals surface area (Å²) in [5.41, 5.74) is 5.31. The number of nitrogens with zero attached hydrogens (tertiary/aromatic N) is 1. The molecule has 0 spiro atoms. The van der Waals surface area contributed by atoms with Crippen LogP contribution in [0.3, 0.4) is 0 Å². The van der Waals surface area contributed by atoms with Crippen molar-refractivity contribution in [1.29, 1.82) is 0 Å². The van der Waals surface area contributed by atoms with E-state index in [9.17, 15) is 9.59 Å². The minimum Gasteiger partial charge on any atom is -0.497 e. The van der Waals surface area contributed by atoms with Gasteiger partial charge in [-0.2, -0.15) is 0 Å². The number of rotatable bonds is 8. The highest BCUT2D eigenvalue weighted by Gasteiger charge is 2.17. The molecule has 0 unspecified atom stereocenters. The number of benzene rings is 2. The molecule has 0 radical (unpaired) electrons. The number of anilines is 1. The summed E-state index contributed by atoms with van der Waals surface area (Å²) in [7, 11) is 1.64. The fourth-order valence-corrected chi connectivity index (χ4v) is 3.47. The van der Waals surface area contributed by atoms with Crippen molar-refractivity contribution in [3.63, 3.8) is 0 Å². The Bertz CT molecular complexity index is 805. The Kier molecular flexibility index (Phi) is 7.61. The van der Waals surface area contributed by atoms with Crippen LogP contribution < -0.4 is 15.0 Å². The lowest BCUT2D eigenvalue weighted by Crippen LogP contribution is -2.35. The van der Waals surface area contributed by atoms with Crippen LogP contribution in [0, 0.1) is 20.8 Å². The molecule has 0 atom stereocenters. The number of methoxy groups -OCH3 is 1. The average molecular weight is 383 g/mol. The van der Waals surface area contributed by atoms with Gasteiger partial charge in [-0.05, 0) is 56.0 Å². The van der Waals surface area contributed by atoms with Gasteiger partial charge in [-0.3, -0.25) is 9.59 Å². The molecular weight excluding hydrogens is 352 g/mol. The SMILES string of the molecule is COc1ccc(CCNC(=O)CCN(C(C)=O)c2c(C)cc(C)cc2C)cc1. The van der Waals surface area contributed by atoms with Crippen LogP contribution >= 0.6 is 0 Å². The Morgan fingerprint density at radius 3 is 2.18 bits per heavy atom. The van der Waals surface area contributed by atoms with Crippen LogP contribution in [0.5, 0.6) is 5.75 Å². The normalized spacial score (nSPS) is 10.5. The molecule has 28 heavy (non-hydrogen) atoms. The highest BCUT2D eigenvalue weighted by atomic mass is 16.5. The minimum atomic E-state index is -0.0546. The van der Waals surface area contributed by atoms with Gasteiger partial charge < -0.3 is 15.0 Å². The third kappa shape index (κ3) is 5.84. The molecule has 2 aromatic carbocycles. The number of carbonyl (C=O) groups excluding carboxylic acids is 2. The maximum absolute atomic E-state index is 12.2. The van der Waals surface area contributed by atoms with Crippen LogP contribution in [0.25, 0.3) is 0 Å². The van der Waals surface area contributed by atoms with E-state index >= 15 is 0 Å². The molecule has 0 bridgehead atoms. The smallest absolute Gasteiger partial charge is 0.223 e. The monoisotopic (exact) mass is 382 g/mol. The lowest BCUT2D eigenvalue weighted by atomic mass is 10.0. The molecule has 2 amide bonds. The van der Waals surface area contributed by atoms with Crippen molar-refractivity contribution in [1.82, 2.24) is 5.32 Å². The Labute approximate surface area is 167 Å². The van der Waals surface area contributed by atoms with Crippen molar-refractivity contribution in [2.24, 2.45) is 0 Å². The van der Waals surface area contributed by atoms with Crippen LogP contribution in [0.4, 0.5) is 5.69 Å². The summed E-state index contributed by atoms with van der Waals surface area (Å²) in [5, 5.41) is 2.94. The Morgan fingerprint density at radius 2 is 1.64 bits per heavy atom. The first-order valence-electron chi connectivity index (χ1n) is 9.57. The summed E-state index contributed by atoms with van der Waals surface area (Å²) < 4.78 is 5.14. The Morgan fingerprint density at radius 1 is 1.04 bits per heavy atom. The summed E-state index contributed by atoms with van der Waals surface area (Å²) in [6, 6.07) is 11.9. The van der Waals surface area contributed by atoms with Gasteiger partial charge in [0.05, 0.1) is 7.11 Å². The molecule has 0 saturated heterocycles. The molecule has 0 heterocycles. The number of carbonyl (C=O) groups is 2. The van der Waals surface area contributed by atoms with Gasteiger partial charge in [0, 0.05) is 32.1 Å². The van der Waals surface area contributed by atoms with Gasteiger partial charge in [0.2, 0.25) is 11.8 Å². The van der Waals surface area contributed by atoms with E-state index in [4.69, 9.17) is 4.74 Å². The molecule has 0 aliphatic rings. The highest BCUT2D eigenvalue weighted by Crippen LogP contribution is 2.26. The molecule has 1 N–H and O–H groups in total.